The zero-order chi connectivity index (χ0) is 21.3. The topological polar surface area (TPSA) is 61.2 Å². The average Bonchev–Trinajstić information content (AvgIpc) is 3.29. The minimum atomic E-state index is -0.396. The molecule has 0 aliphatic rings. The minimum Gasteiger partial charge on any atom is -0.456 e. The Morgan fingerprint density at radius 2 is 1.48 bits per heavy atom. The average molecular weight is 536 g/mol. The largest absolute Gasteiger partial charge is 0.456 e. The van der Waals surface area contributed by atoms with Gasteiger partial charge < -0.3 is 8.98 Å². The van der Waals surface area contributed by atoms with E-state index >= 15 is 0 Å². The number of nitro benzene ring substituents is 1. The standard InChI is InChI=1S/C24H12Br2N2O3/c25-17-11-13(28(29)30)12-18(26)24(17)27-19-7-3-1-5-14(19)15-9-10-21-22(23(15)27)16-6-2-4-8-20(16)31-21/h1-12H. The first-order chi connectivity index (χ1) is 15.0. The maximum absolute atomic E-state index is 11.4. The molecular formula is C24H12Br2N2O3. The molecule has 0 amide bonds. The molecule has 150 valence electrons. The monoisotopic (exact) mass is 534 g/mol. The van der Waals surface area contributed by atoms with E-state index < -0.39 is 4.92 Å². The summed E-state index contributed by atoms with van der Waals surface area (Å²) in [5.74, 6) is 0. The van der Waals surface area contributed by atoms with Gasteiger partial charge in [0.25, 0.3) is 5.69 Å². The van der Waals surface area contributed by atoms with Crippen molar-refractivity contribution in [3.8, 4) is 5.69 Å². The van der Waals surface area contributed by atoms with Gasteiger partial charge in [-0.25, -0.2) is 0 Å². The zero-order valence-corrected chi connectivity index (χ0v) is 19.0. The Morgan fingerprint density at radius 3 is 2.23 bits per heavy atom. The van der Waals surface area contributed by atoms with Gasteiger partial charge in [-0.05, 0) is 56.1 Å². The molecule has 0 N–H and O–H groups in total. The molecule has 0 saturated carbocycles. The Labute approximate surface area is 192 Å². The van der Waals surface area contributed by atoms with Gasteiger partial charge in [0.1, 0.15) is 11.2 Å². The number of aromatic nitrogens is 1. The number of benzene rings is 4. The van der Waals surface area contributed by atoms with Crippen LogP contribution in [0.4, 0.5) is 5.69 Å². The highest BCUT2D eigenvalue weighted by Crippen LogP contribution is 2.44. The Balaban J connectivity index is 1.88. The molecule has 0 aliphatic carbocycles. The lowest BCUT2D eigenvalue weighted by atomic mass is 10.1. The smallest absolute Gasteiger partial charge is 0.271 e. The predicted octanol–water partition coefficient (Wildman–Crippen LogP) is 8.12. The van der Waals surface area contributed by atoms with Crippen molar-refractivity contribution in [1.82, 2.24) is 4.57 Å². The van der Waals surface area contributed by atoms with Crippen LogP contribution in [0.15, 0.2) is 86.2 Å². The first kappa shape index (κ1) is 18.6. The summed E-state index contributed by atoms with van der Waals surface area (Å²) in [5.41, 5.74) is 4.44. The molecule has 0 bridgehead atoms. The number of furan rings is 1. The maximum atomic E-state index is 11.4. The van der Waals surface area contributed by atoms with Crippen molar-refractivity contribution >= 4 is 81.3 Å². The Hall–Kier alpha value is -3.16. The number of nitrogens with zero attached hydrogens (tertiary/aromatic N) is 2. The normalized spacial score (nSPS) is 11.8. The Bertz CT molecular complexity index is 1680. The second-order valence-electron chi connectivity index (χ2n) is 7.30. The van der Waals surface area contributed by atoms with Crippen LogP contribution in [0.25, 0.3) is 49.4 Å². The summed E-state index contributed by atoms with van der Waals surface area (Å²) in [4.78, 5) is 11.0. The molecule has 6 aromatic rings. The van der Waals surface area contributed by atoms with Gasteiger partial charge in [0.15, 0.2) is 0 Å². The lowest BCUT2D eigenvalue weighted by molar-refractivity contribution is -0.385. The van der Waals surface area contributed by atoms with Crippen LogP contribution in [-0.4, -0.2) is 9.49 Å². The molecule has 31 heavy (non-hydrogen) atoms. The summed E-state index contributed by atoms with van der Waals surface area (Å²) < 4.78 is 9.53. The van der Waals surface area contributed by atoms with E-state index in [-0.39, 0.29) is 5.69 Å². The van der Waals surface area contributed by atoms with Crippen LogP contribution >= 0.6 is 31.9 Å². The van der Waals surface area contributed by atoms with Gasteiger partial charge in [-0.1, -0.05) is 36.4 Å². The molecule has 6 rings (SSSR count). The van der Waals surface area contributed by atoms with Crippen molar-refractivity contribution in [2.24, 2.45) is 0 Å². The number of hydrogen-bond acceptors (Lipinski definition) is 3. The fourth-order valence-corrected chi connectivity index (χ4v) is 5.89. The van der Waals surface area contributed by atoms with Crippen molar-refractivity contribution < 1.29 is 9.34 Å². The molecular weight excluding hydrogens is 524 g/mol. The Kier molecular flexibility index (Phi) is 4.00. The summed E-state index contributed by atoms with van der Waals surface area (Å²) in [6.45, 7) is 0. The fraction of sp³-hybridized carbons (Fsp3) is 0. The summed E-state index contributed by atoms with van der Waals surface area (Å²) >= 11 is 7.17. The predicted molar refractivity (Wildman–Crippen MR) is 130 cm³/mol. The third-order valence-electron chi connectivity index (χ3n) is 5.61. The molecule has 2 heterocycles. The highest BCUT2D eigenvalue weighted by atomic mass is 79.9. The molecule has 7 heteroatoms. The van der Waals surface area contributed by atoms with Crippen LogP contribution in [0.3, 0.4) is 0 Å². The van der Waals surface area contributed by atoms with Crippen LogP contribution in [-0.2, 0) is 0 Å². The van der Waals surface area contributed by atoms with E-state index in [2.05, 4.69) is 60.7 Å². The first-order valence-electron chi connectivity index (χ1n) is 9.52. The third-order valence-corrected chi connectivity index (χ3v) is 6.82. The van der Waals surface area contributed by atoms with Crippen molar-refractivity contribution in [2.75, 3.05) is 0 Å². The Morgan fingerprint density at radius 1 is 0.806 bits per heavy atom. The SMILES string of the molecule is O=[N+]([O-])c1cc(Br)c(-n2c3ccccc3c3ccc4oc5ccccc5c4c32)c(Br)c1. The second-order valence-corrected chi connectivity index (χ2v) is 9.01. The summed E-state index contributed by atoms with van der Waals surface area (Å²) in [6, 6.07) is 23.3. The molecule has 4 aromatic carbocycles. The van der Waals surface area contributed by atoms with Gasteiger partial charge in [-0.15, -0.1) is 0 Å². The van der Waals surface area contributed by atoms with Gasteiger partial charge >= 0.3 is 0 Å². The summed E-state index contributed by atoms with van der Waals surface area (Å²) in [7, 11) is 0. The molecule has 0 spiro atoms. The van der Waals surface area contributed by atoms with Crippen LogP contribution in [0.5, 0.6) is 0 Å². The maximum Gasteiger partial charge on any atom is 0.271 e. The molecule has 0 saturated heterocycles. The van der Waals surface area contributed by atoms with E-state index in [1.165, 1.54) is 12.1 Å². The molecule has 0 aliphatic heterocycles. The number of hydrogen-bond donors (Lipinski definition) is 0. The number of halogens is 2. The van der Waals surface area contributed by atoms with Gasteiger partial charge in [0, 0.05) is 37.2 Å². The van der Waals surface area contributed by atoms with Gasteiger partial charge in [0.2, 0.25) is 0 Å². The molecule has 0 atom stereocenters. The number of nitro groups is 1. The van der Waals surface area contributed by atoms with Gasteiger partial charge in [-0.2, -0.15) is 0 Å². The number of non-ortho nitro benzene ring substituents is 1. The van der Waals surface area contributed by atoms with E-state index in [0.717, 1.165) is 49.4 Å². The van der Waals surface area contributed by atoms with E-state index in [1.807, 2.05) is 36.4 Å². The van der Waals surface area contributed by atoms with Crippen molar-refractivity contribution in [3.63, 3.8) is 0 Å². The number of fused-ring (bicyclic) bond motifs is 7. The van der Waals surface area contributed by atoms with Crippen molar-refractivity contribution in [2.45, 2.75) is 0 Å². The van der Waals surface area contributed by atoms with Crippen molar-refractivity contribution in [1.29, 1.82) is 0 Å². The highest BCUT2D eigenvalue weighted by molar-refractivity contribution is 9.11. The minimum absolute atomic E-state index is 0.0159. The molecule has 0 radical (unpaired) electrons. The van der Waals surface area contributed by atoms with E-state index in [9.17, 15) is 10.1 Å². The van der Waals surface area contributed by atoms with Crippen molar-refractivity contribution in [3.05, 3.63) is 91.9 Å². The summed E-state index contributed by atoms with van der Waals surface area (Å²) in [6.07, 6.45) is 0. The molecule has 2 aromatic heterocycles. The van der Waals surface area contributed by atoms with Gasteiger partial charge in [0.05, 0.1) is 27.0 Å². The van der Waals surface area contributed by atoms with E-state index in [4.69, 9.17) is 4.42 Å². The molecule has 0 unspecified atom stereocenters. The molecule has 0 fully saturated rings. The van der Waals surface area contributed by atoms with Crippen LogP contribution in [0.2, 0.25) is 0 Å². The number of para-hydroxylation sites is 2. The zero-order valence-electron chi connectivity index (χ0n) is 15.8. The number of rotatable bonds is 2. The van der Waals surface area contributed by atoms with E-state index in [0.29, 0.717) is 8.95 Å². The lowest BCUT2D eigenvalue weighted by Gasteiger charge is -2.13. The van der Waals surface area contributed by atoms with Crippen LogP contribution in [0, 0.1) is 10.1 Å². The van der Waals surface area contributed by atoms with E-state index in [1.54, 1.807) is 0 Å². The summed E-state index contributed by atoms with van der Waals surface area (Å²) in [5, 5.41) is 15.6. The lowest BCUT2D eigenvalue weighted by Crippen LogP contribution is -1.99. The molecule has 5 nitrogen and oxygen atoms in total. The van der Waals surface area contributed by atoms with Crippen LogP contribution in [0.1, 0.15) is 0 Å². The first-order valence-corrected chi connectivity index (χ1v) is 11.1. The quantitative estimate of drug-likeness (QED) is 0.166. The fourth-order valence-electron chi connectivity index (χ4n) is 4.37. The highest BCUT2D eigenvalue weighted by Gasteiger charge is 2.22. The van der Waals surface area contributed by atoms with Crippen LogP contribution < -0.4 is 0 Å². The second kappa shape index (κ2) is 6.67. The van der Waals surface area contributed by atoms with Gasteiger partial charge in [-0.3, -0.25) is 10.1 Å². The third kappa shape index (κ3) is 2.60.